The second kappa shape index (κ2) is 11.1. The van der Waals surface area contributed by atoms with Gasteiger partial charge < -0.3 is 14.5 Å². The molecule has 0 saturated carbocycles. The third-order valence-electron chi connectivity index (χ3n) is 6.27. The molecule has 3 heterocycles. The second-order valence-corrected chi connectivity index (χ2v) is 9.98. The maximum Gasteiger partial charge on any atom is 0.573 e. The van der Waals surface area contributed by atoms with E-state index in [1.54, 1.807) is 0 Å². The fourth-order valence-electron chi connectivity index (χ4n) is 4.42. The minimum absolute atomic E-state index is 0.169. The van der Waals surface area contributed by atoms with Crippen molar-refractivity contribution >= 4 is 39.0 Å². The number of benzene rings is 1. The first-order valence-electron chi connectivity index (χ1n) is 11.9. The van der Waals surface area contributed by atoms with Gasteiger partial charge in [0.1, 0.15) is 16.6 Å². The SMILES string of the molecule is CO[C@H](C(=O)Nc1nnc(C[C@H]2CC=C(c3cc4cc[nH]c4nn3)CC2)s1)c1cc(OC(F)(F)F)ccc1F. The summed E-state index contributed by atoms with van der Waals surface area (Å²) < 4.78 is 60.9. The summed E-state index contributed by atoms with van der Waals surface area (Å²) in [6.45, 7) is 0. The van der Waals surface area contributed by atoms with Crippen molar-refractivity contribution in [3.63, 3.8) is 0 Å². The van der Waals surface area contributed by atoms with Gasteiger partial charge in [0.2, 0.25) is 5.13 Å². The lowest BCUT2D eigenvalue weighted by molar-refractivity contribution is -0.274. The van der Waals surface area contributed by atoms with E-state index in [4.69, 9.17) is 4.74 Å². The number of hydrogen-bond acceptors (Lipinski definition) is 8. The van der Waals surface area contributed by atoms with Gasteiger partial charge in [-0.15, -0.1) is 33.6 Å². The lowest BCUT2D eigenvalue weighted by Crippen LogP contribution is -2.24. The molecule has 1 amide bonds. The van der Waals surface area contributed by atoms with Crippen molar-refractivity contribution in [2.75, 3.05) is 12.4 Å². The van der Waals surface area contributed by atoms with Crippen LogP contribution in [0.3, 0.4) is 0 Å². The zero-order valence-corrected chi connectivity index (χ0v) is 21.3. The van der Waals surface area contributed by atoms with E-state index in [2.05, 4.69) is 41.5 Å². The lowest BCUT2D eigenvalue weighted by Gasteiger charge is -2.20. The number of allylic oxidation sites excluding steroid dienone is 2. The first-order valence-corrected chi connectivity index (χ1v) is 12.7. The Bertz CT molecular complexity index is 1520. The Balaban J connectivity index is 1.20. The van der Waals surface area contributed by atoms with E-state index < -0.39 is 35.5 Å². The van der Waals surface area contributed by atoms with Crippen molar-refractivity contribution in [3.05, 3.63) is 64.7 Å². The number of methoxy groups -OCH3 is 1. The third kappa shape index (κ3) is 6.40. The van der Waals surface area contributed by atoms with Gasteiger partial charge in [0, 0.05) is 30.7 Å². The number of carbonyl (C=O) groups excluding carboxylic acids is 1. The fraction of sp³-hybridized carbons (Fsp3) is 0.320. The Morgan fingerprint density at radius 3 is 2.79 bits per heavy atom. The molecule has 2 N–H and O–H groups in total. The molecule has 14 heteroatoms. The van der Waals surface area contributed by atoms with E-state index in [1.165, 1.54) is 11.3 Å². The molecule has 1 aromatic carbocycles. The summed E-state index contributed by atoms with van der Waals surface area (Å²) in [5, 5.41) is 21.0. The zero-order chi connectivity index (χ0) is 27.6. The highest BCUT2D eigenvalue weighted by molar-refractivity contribution is 7.15. The quantitative estimate of drug-likeness (QED) is 0.269. The van der Waals surface area contributed by atoms with Crippen molar-refractivity contribution in [3.8, 4) is 5.75 Å². The average Bonchev–Trinajstić information content (AvgIpc) is 3.54. The summed E-state index contributed by atoms with van der Waals surface area (Å²) in [6.07, 6.45) is 0.718. The zero-order valence-electron chi connectivity index (χ0n) is 20.5. The van der Waals surface area contributed by atoms with Crippen LogP contribution >= 0.6 is 11.3 Å². The molecule has 39 heavy (non-hydrogen) atoms. The molecule has 9 nitrogen and oxygen atoms in total. The largest absolute Gasteiger partial charge is 0.573 e. The molecule has 0 fully saturated rings. The molecule has 3 aromatic heterocycles. The molecule has 204 valence electrons. The molecule has 0 bridgehead atoms. The normalized spacial score (nSPS) is 16.6. The topological polar surface area (TPSA) is 115 Å². The maximum atomic E-state index is 14.4. The van der Waals surface area contributed by atoms with Gasteiger partial charge in [-0.2, -0.15) is 0 Å². The van der Waals surface area contributed by atoms with Crippen LogP contribution in [0.1, 0.15) is 41.6 Å². The van der Waals surface area contributed by atoms with Gasteiger partial charge in [0.25, 0.3) is 5.91 Å². The molecule has 4 aromatic rings. The van der Waals surface area contributed by atoms with Crippen LogP contribution in [0.5, 0.6) is 5.75 Å². The number of halogens is 4. The molecule has 0 unspecified atom stereocenters. The van der Waals surface area contributed by atoms with Crippen LogP contribution in [0, 0.1) is 11.7 Å². The molecule has 1 aliphatic carbocycles. The number of nitrogens with zero attached hydrogens (tertiary/aromatic N) is 4. The number of rotatable bonds is 8. The molecule has 0 spiro atoms. The van der Waals surface area contributed by atoms with Gasteiger partial charge in [-0.1, -0.05) is 17.4 Å². The van der Waals surface area contributed by atoms with Crippen LogP contribution in [-0.4, -0.2) is 44.8 Å². The molecule has 1 aliphatic rings. The molecular formula is C25H22F4N6O3S. The lowest BCUT2D eigenvalue weighted by atomic mass is 9.86. The van der Waals surface area contributed by atoms with Gasteiger partial charge >= 0.3 is 6.36 Å². The minimum Gasteiger partial charge on any atom is -0.406 e. The Morgan fingerprint density at radius 1 is 1.21 bits per heavy atom. The first-order chi connectivity index (χ1) is 18.7. The summed E-state index contributed by atoms with van der Waals surface area (Å²) >= 11 is 1.17. The number of H-pyrrole nitrogens is 1. The van der Waals surface area contributed by atoms with E-state index >= 15 is 0 Å². The number of carbonyl (C=O) groups is 1. The van der Waals surface area contributed by atoms with Crippen LogP contribution in [0.4, 0.5) is 22.7 Å². The fourth-order valence-corrected chi connectivity index (χ4v) is 5.28. The Hall–Kier alpha value is -3.91. The van der Waals surface area contributed by atoms with Crippen molar-refractivity contribution in [2.24, 2.45) is 5.92 Å². The average molecular weight is 563 g/mol. The van der Waals surface area contributed by atoms with E-state index in [1.807, 2.05) is 18.3 Å². The predicted octanol–water partition coefficient (Wildman–Crippen LogP) is 5.60. The second-order valence-electron chi connectivity index (χ2n) is 8.92. The van der Waals surface area contributed by atoms with Crippen molar-refractivity contribution < 1.29 is 31.8 Å². The standard InChI is InChI=1S/C25H22F4N6O3S/c1-37-21(17-12-16(6-7-18(17)26)38-25(27,28)29)23(36)31-24-35-33-20(39-24)10-13-2-4-14(5-3-13)19-11-15-8-9-30-22(15)34-32-19/h4,6-9,11-13,21H,2-3,5,10H2,1H3,(H,30,34)(H,31,35,36)/t13-,21-/m0/s1. The van der Waals surface area contributed by atoms with Crippen molar-refractivity contribution in [2.45, 2.75) is 38.1 Å². The number of ether oxygens (including phenoxy) is 2. The summed E-state index contributed by atoms with van der Waals surface area (Å²) in [5.41, 5.74) is 2.35. The summed E-state index contributed by atoms with van der Waals surface area (Å²) in [6, 6.07) is 6.33. The van der Waals surface area contributed by atoms with Crippen LogP contribution in [-0.2, 0) is 16.0 Å². The van der Waals surface area contributed by atoms with E-state index in [-0.39, 0.29) is 5.13 Å². The summed E-state index contributed by atoms with van der Waals surface area (Å²) in [4.78, 5) is 15.8. The van der Waals surface area contributed by atoms with Gasteiger partial charge in [0.15, 0.2) is 11.8 Å². The Kier molecular flexibility index (Phi) is 7.57. The Labute approximate surface area is 223 Å². The smallest absolute Gasteiger partial charge is 0.406 e. The number of aromatic nitrogens is 5. The van der Waals surface area contributed by atoms with Crippen LogP contribution in [0.25, 0.3) is 16.6 Å². The van der Waals surface area contributed by atoms with Gasteiger partial charge in [0.05, 0.1) is 5.69 Å². The number of aromatic amines is 1. The molecule has 0 saturated heterocycles. The molecule has 5 rings (SSSR count). The predicted molar refractivity (Wildman–Crippen MR) is 134 cm³/mol. The number of alkyl halides is 3. The first kappa shape index (κ1) is 26.7. The molecular weight excluding hydrogens is 540 g/mol. The van der Waals surface area contributed by atoms with Gasteiger partial charge in [-0.25, -0.2) is 4.39 Å². The molecule has 0 radical (unpaired) electrons. The van der Waals surface area contributed by atoms with Crippen LogP contribution < -0.4 is 10.1 Å². The maximum absolute atomic E-state index is 14.4. The molecule has 2 atom stereocenters. The number of hydrogen-bond donors (Lipinski definition) is 2. The highest BCUT2D eigenvalue weighted by Crippen LogP contribution is 2.33. The van der Waals surface area contributed by atoms with Crippen LogP contribution in [0.2, 0.25) is 0 Å². The monoisotopic (exact) mass is 562 g/mol. The summed E-state index contributed by atoms with van der Waals surface area (Å²) in [5.74, 6) is -2.08. The van der Waals surface area contributed by atoms with E-state index in [0.717, 1.165) is 66.9 Å². The molecule has 0 aliphatic heterocycles. The van der Waals surface area contributed by atoms with E-state index in [0.29, 0.717) is 17.3 Å². The van der Waals surface area contributed by atoms with Crippen molar-refractivity contribution in [1.82, 2.24) is 25.4 Å². The number of amides is 1. The minimum atomic E-state index is -4.97. The highest BCUT2D eigenvalue weighted by atomic mass is 32.1. The van der Waals surface area contributed by atoms with Crippen molar-refractivity contribution in [1.29, 1.82) is 0 Å². The van der Waals surface area contributed by atoms with Gasteiger partial charge in [-0.05, 0) is 61.1 Å². The van der Waals surface area contributed by atoms with E-state index in [9.17, 15) is 22.4 Å². The summed E-state index contributed by atoms with van der Waals surface area (Å²) in [7, 11) is 1.14. The highest BCUT2D eigenvalue weighted by Gasteiger charge is 2.32. The Morgan fingerprint density at radius 2 is 2.05 bits per heavy atom. The van der Waals surface area contributed by atoms with Gasteiger partial charge in [-0.3, -0.25) is 10.1 Å². The number of anilines is 1. The third-order valence-corrected chi connectivity index (χ3v) is 7.13. The van der Waals surface area contributed by atoms with Crippen LogP contribution in [0.15, 0.2) is 42.6 Å². The number of fused-ring (bicyclic) bond motifs is 1. The number of nitrogens with one attached hydrogen (secondary N) is 2.